The number of aliphatic hydroxyl groups is 1. The van der Waals surface area contributed by atoms with E-state index >= 15 is 0 Å². The molecule has 0 aromatic heterocycles. The Morgan fingerprint density at radius 3 is 2.71 bits per heavy atom. The fraction of sp³-hybridized carbons (Fsp3) is 0.538. The second kappa shape index (κ2) is 7.41. The average Bonchev–Trinajstić information content (AvgIpc) is 2.34. The van der Waals surface area contributed by atoms with Gasteiger partial charge in [-0.3, -0.25) is 0 Å². The number of hydrogen-bond donors (Lipinski definition) is 2. The lowest BCUT2D eigenvalue weighted by atomic mass is 10.1. The predicted octanol–water partition coefficient (Wildman–Crippen LogP) is 3.17. The highest BCUT2D eigenvalue weighted by Gasteiger charge is 2.06. The van der Waals surface area contributed by atoms with Crippen molar-refractivity contribution in [2.75, 3.05) is 25.1 Å². The molecule has 0 aliphatic carbocycles. The molecule has 0 radical (unpaired) electrons. The third-order valence-electron chi connectivity index (χ3n) is 2.66. The number of hydrogen-bond acceptors (Lipinski definition) is 3. The van der Waals surface area contributed by atoms with Gasteiger partial charge in [0.1, 0.15) is 5.75 Å². The molecule has 17 heavy (non-hydrogen) atoms. The summed E-state index contributed by atoms with van der Waals surface area (Å²) in [6, 6.07) is 5.63. The number of halogens is 1. The smallest absolute Gasteiger partial charge is 0.138 e. The standard InChI is InChI=1S/C13H20ClNO2/c1-3-10(9-16)8-15-11-5-6-13(17-4-2)12(14)7-11/h5-7,10,15-16H,3-4,8-9H2,1-2H3. The van der Waals surface area contributed by atoms with E-state index in [0.29, 0.717) is 17.4 Å². The van der Waals surface area contributed by atoms with Crippen molar-refractivity contribution < 1.29 is 9.84 Å². The van der Waals surface area contributed by atoms with E-state index in [1.807, 2.05) is 25.1 Å². The first kappa shape index (κ1) is 14.1. The summed E-state index contributed by atoms with van der Waals surface area (Å²) < 4.78 is 5.36. The van der Waals surface area contributed by atoms with Crippen LogP contribution in [0.4, 0.5) is 5.69 Å². The van der Waals surface area contributed by atoms with Crippen molar-refractivity contribution in [2.24, 2.45) is 5.92 Å². The minimum absolute atomic E-state index is 0.203. The van der Waals surface area contributed by atoms with Gasteiger partial charge in [0.15, 0.2) is 0 Å². The van der Waals surface area contributed by atoms with Crippen molar-refractivity contribution in [1.29, 1.82) is 0 Å². The summed E-state index contributed by atoms with van der Waals surface area (Å²) in [5.41, 5.74) is 0.949. The number of benzene rings is 1. The summed E-state index contributed by atoms with van der Waals surface area (Å²) >= 11 is 6.08. The van der Waals surface area contributed by atoms with Gasteiger partial charge in [-0.05, 0) is 37.5 Å². The van der Waals surface area contributed by atoms with Gasteiger partial charge in [0.05, 0.1) is 11.6 Å². The molecule has 0 aliphatic heterocycles. The van der Waals surface area contributed by atoms with Gasteiger partial charge in [-0.25, -0.2) is 0 Å². The van der Waals surface area contributed by atoms with E-state index in [2.05, 4.69) is 12.2 Å². The Hall–Kier alpha value is -0.930. The molecule has 0 spiro atoms. The molecule has 1 rings (SSSR count). The summed E-state index contributed by atoms with van der Waals surface area (Å²) in [7, 11) is 0. The molecule has 0 heterocycles. The van der Waals surface area contributed by atoms with E-state index in [9.17, 15) is 0 Å². The second-order valence-corrected chi connectivity index (χ2v) is 4.32. The van der Waals surface area contributed by atoms with E-state index in [4.69, 9.17) is 21.4 Å². The van der Waals surface area contributed by atoms with E-state index in [0.717, 1.165) is 18.7 Å². The zero-order chi connectivity index (χ0) is 12.7. The molecule has 1 aromatic carbocycles. The maximum atomic E-state index is 9.09. The molecule has 1 atom stereocenters. The average molecular weight is 258 g/mol. The predicted molar refractivity (Wildman–Crippen MR) is 72.0 cm³/mol. The number of rotatable bonds is 7. The maximum absolute atomic E-state index is 9.09. The molecule has 3 nitrogen and oxygen atoms in total. The monoisotopic (exact) mass is 257 g/mol. The minimum Gasteiger partial charge on any atom is -0.492 e. The van der Waals surface area contributed by atoms with Gasteiger partial charge < -0.3 is 15.2 Å². The summed E-state index contributed by atoms with van der Waals surface area (Å²) in [4.78, 5) is 0. The minimum atomic E-state index is 0.203. The summed E-state index contributed by atoms with van der Waals surface area (Å²) in [5, 5.41) is 12.9. The Morgan fingerprint density at radius 1 is 1.41 bits per heavy atom. The van der Waals surface area contributed by atoms with Crippen LogP contribution in [-0.2, 0) is 0 Å². The zero-order valence-electron chi connectivity index (χ0n) is 10.4. The fourth-order valence-electron chi connectivity index (χ4n) is 1.48. The molecular formula is C13H20ClNO2. The van der Waals surface area contributed by atoms with E-state index in [-0.39, 0.29) is 12.5 Å². The summed E-state index contributed by atoms with van der Waals surface area (Å²) in [5.74, 6) is 0.981. The molecule has 1 unspecified atom stereocenters. The quantitative estimate of drug-likeness (QED) is 0.788. The number of anilines is 1. The zero-order valence-corrected chi connectivity index (χ0v) is 11.1. The van der Waals surface area contributed by atoms with Crippen molar-refractivity contribution in [3.8, 4) is 5.75 Å². The lowest BCUT2D eigenvalue weighted by Crippen LogP contribution is -2.16. The molecule has 0 amide bonds. The largest absolute Gasteiger partial charge is 0.492 e. The van der Waals surface area contributed by atoms with Crippen molar-refractivity contribution in [1.82, 2.24) is 0 Å². The molecule has 1 aromatic rings. The maximum Gasteiger partial charge on any atom is 0.138 e. The Morgan fingerprint density at radius 2 is 2.18 bits per heavy atom. The lowest BCUT2D eigenvalue weighted by molar-refractivity contribution is 0.230. The van der Waals surface area contributed by atoms with Crippen LogP contribution in [0, 0.1) is 5.92 Å². The molecule has 0 saturated carbocycles. The Labute approximate surface area is 108 Å². The van der Waals surface area contributed by atoms with E-state index in [1.165, 1.54) is 0 Å². The normalized spacial score (nSPS) is 12.2. The molecule has 2 N–H and O–H groups in total. The Bertz CT molecular complexity index is 340. The molecule has 4 heteroatoms. The molecule has 96 valence electrons. The van der Waals surface area contributed by atoms with Crippen molar-refractivity contribution in [3.05, 3.63) is 23.2 Å². The SMILES string of the molecule is CCOc1ccc(NCC(CC)CO)cc1Cl. The fourth-order valence-corrected chi connectivity index (χ4v) is 1.72. The molecule has 0 saturated heterocycles. The van der Waals surface area contributed by atoms with Gasteiger partial charge in [0.25, 0.3) is 0 Å². The highest BCUT2D eigenvalue weighted by Crippen LogP contribution is 2.27. The van der Waals surface area contributed by atoms with Crippen molar-refractivity contribution >= 4 is 17.3 Å². The van der Waals surface area contributed by atoms with Gasteiger partial charge in [-0.2, -0.15) is 0 Å². The van der Waals surface area contributed by atoms with Crippen LogP contribution < -0.4 is 10.1 Å². The molecule has 0 fully saturated rings. The van der Waals surface area contributed by atoms with Gasteiger partial charge in [0, 0.05) is 18.8 Å². The summed E-state index contributed by atoms with van der Waals surface area (Å²) in [6.45, 7) is 5.55. The van der Waals surface area contributed by atoms with Crippen LogP contribution in [0.1, 0.15) is 20.3 Å². The van der Waals surface area contributed by atoms with Crippen LogP contribution in [0.25, 0.3) is 0 Å². The number of ether oxygens (including phenoxy) is 1. The van der Waals surface area contributed by atoms with Crippen LogP contribution >= 0.6 is 11.6 Å². The lowest BCUT2D eigenvalue weighted by Gasteiger charge is -2.14. The number of aliphatic hydroxyl groups excluding tert-OH is 1. The van der Waals surface area contributed by atoms with Gasteiger partial charge in [-0.15, -0.1) is 0 Å². The van der Waals surface area contributed by atoms with Crippen molar-refractivity contribution in [2.45, 2.75) is 20.3 Å². The van der Waals surface area contributed by atoms with E-state index < -0.39 is 0 Å². The highest BCUT2D eigenvalue weighted by molar-refractivity contribution is 6.32. The molecule has 0 aliphatic rings. The van der Waals surface area contributed by atoms with Crippen LogP contribution in [0.3, 0.4) is 0 Å². The third kappa shape index (κ3) is 4.44. The summed E-state index contributed by atoms with van der Waals surface area (Å²) in [6.07, 6.45) is 0.953. The third-order valence-corrected chi connectivity index (χ3v) is 2.96. The van der Waals surface area contributed by atoms with Gasteiger partial charge in [0.2, 0.25) is 0 Å². The topological polar surface area (TPSA) is 41.5 Å². The van der Waals surface area contributed by atoms with Crippen LogP contribution in [0.5, 0.6) is 5.75 Å². The first-order valence-corrected chi connectivity index (χ1v) is 6.36. The number of nitrogens with one attached hydrogen (secondary N) is 1. The first-order valence-electron chi connectivity index (χ1n) is 5.98. The second-order valence-electron chi connectivity index (χ2n) is 3.92. The van der Waals surface area contributed by atoms with Crippen LogP contribution in [-0.4, -0.2) is 24.9 Å². The van der Waals surface area contributed by atoms with Crippen LogP contribution in [0.2, 0.25) is 5.02 Å². The van der Waals surface area contributed by atoms with Gasteiger partial charge in [-0.1, -0.05) is 18.5 Å². The van der Waals surface area contributed by atoms with E-state index in [1.54, 1.807) is 0 Å². The Kier molecular flexibility index (Phi) is 6.16. The van der Waals surface area contributed by atoms with Crippen molar-refractivity contribution in [3.63, 3.8) is 0 Å². The molecular weight excluding hydrogens is 238 g/mol. The van der Waals surface area contributed by atoms with Gasteiger partial charge >= 0.3 is 0 Å². The Balaban J connectivity index is 2.58. The highest BCUT2D eigenvalue weighted by atomic mass is 35.5. The molecule has 0 bridgehead atoms. The first-order chi connectivity index (χ1) is 8.21. The van der Waals surface area contributed by atoms with Crippen LogP contribution in [0.15, 0.2) is 18.2 Å².